The van der Waals surface area contributed by atoms with Crippen LogP contribution in [0.3, 0.4) is 0 Å². The molecular formula is C17H17FN2O. The number of halogens is 1. The molecule has 3 rings (SSSR count). The molecule has 0 aliphatic carbocycles. The molecule has 1 aromatic heterocycles. The van der Waals surface area contributed by atoms with Gasteiger partial charge in [0.15, 0.2) is 0 Å². The van der Waals surface area contributed by atoms with Crippen LogP contribution in [0.25, 0.3) is 11.3 Å². The first-order chi connectivity index (χ1) is 10.1. The van der Waals surface area contributed by atoms with E-state index in [0.29, 0.717) is 11.3 Å². The van der Waals surface area contributed by atoms with Crippen molar-refractivity contribution in [3.05, 3.63) is 53.5 Å². The molecule has 108 valence electrons. The second-order valence-electron chi connectivity index (χ2n) is 5.34. The Balaban J connectivity index is 1.89. The van der Waals surface area contributed by atoms with Crippen LogP contribution in [0.1, 0.15) is 28.9 Å². The van der Waals surface area contributed by atoms with Gasteiger partial charge in [0.25, 0.3) is 5.91 Å². The largest absolute Gasteiger partial charge is 0.339 e. The topological polar surface area (TPSA) is 33.2 Å². The molecule has 21 heavy (non-hydrogen) atoms. The number of amides is 1. The quantitative estimate of drug-likeness (QED) is 0.846. The molecular weight excluding hydrogens is 267 g/mol. The fourth-order valence-electron chi connectivity index (χ4n) is 2.66. The third-order valence-corrected chi connectivity index (χ3v) is 3.85. The molecule has 2 aromatic rings. The van der Waals surface area contributed by atoms with E-state index in [4.69, 9.17) is 0 Å². The summed E-state index contributed by atoms with van der Waals surface area (Å²) in [6, 6.07) is 9.86. The molecule has 0 unspecified atom stereocenters. The summed E-state index contributed by atoms with van der Waals surface area (Å²) in [7, 11) is 0. The number of benzene rings is 1. The van der Waals surface area contributed by atoms with E-state index in [-0.39, 0.29) is 11.7 Å². The van der Waals surface area contributed by atoms with Gasteiger partial charge in [-0.15, -0.1) is 0 Å². The zero-order chi connectivity index (χ0) is 14.8. The van der Waals surface area contributed by atoms with Gasteiger partial charge in [0.2, 0.25) is 0 Å². The Bertz CT molecular complexity index is 661. The van der Waals surface area contributed by atoms with Crippen LogP contribution in [-0.2, 0) is 0 Å². The van der Waals surface area contributed by atoms with Gasteiger partial charge in [0.05, 0.1) is 17.0 Å². The van der Waals surface area contributed by atoms with E-state index in [1.165, 1.54) is 12.1 Å². The highest BCUT2D eigenvalue weighted by Crippen LogP contribution is 2.21. The lowest BCUT2D eigenvalue weighted by Crippen LogP contribution is -2.28. The van der Waals surface area contributed by atoms with Gasteiger partial charge < -0.3 is 4.90 Å². The van der Waals surface area contributed by atoms with E-state index in [2.05, 4.69) is 4.98 Å². The third-order valence-electron chi connectivity index (χ3n) is 3.85. The van der Waals surface area contributed by atoms with Crippen molar-refractivity contribution in [1.82, 2.24) is 9.88 Å². The molecule has 2 heterocycles. The van der Waals surface area contributed by atoms with E-state index in [1.54, 1.807) is 12.1 Å². The Hall–Kier alpha value is -2.23. The Morgan fingerprint density at radius 1 is 1.10 bits per heavy atom. The number of rotatable bonds is 2. The second-order valence-corrected chi connectivity index (χ2v) is 5.34. The highest BCUT2D eigenvalue weighted by Gasteiger charge is 2.21. The molecule has 1 aromatic carbocycles. The van der Waals surface area contributed by atoms with Crippen LogP contribution in [0.2, 0.25) is 0 Å². The van der Waals surface area contributed by atoms with Gasteiger partial charge in [-0.2, -0.15) is 0 Å². The summed E-state index contributed by atoms with van der Waals surface area (Å²) >= 11 is 0. The highest BCUT2D eigenvalue weighted by molar-refractivity contribution is 5.95. The molecule has 0 spiro atoms. The Morgan fingerprint density at radius 2 is 1.76 bits per heavy atom. The number of likely N-dealkylation sites (tertiary alicyclic amines) is 1. The minimum atomic E-state index is -0.267. The van der Waals surface area contributed by atoms with Crippen molar-refractivity contribution >= 4 is 5.91 Å². The number of hydrogen-bond acceptors (Lipinski definition) is 2. The van der Waals surface area contributed by atoms with Crippen LogP contribution < -0.4 is 0 Å². The first-order valence-electron chi connectivity index (χ1n) is 7.18. The Labute approximate surface area is 123 Å². The van der Waals surface area contributed by atoms with E-state index in [0.717, 1.165) is 37.2 Å². The van der Waals surface area contributed by atoms with Crippen LogP contribution in [0, 0.1) is 12.7 Å². The summed E-state index contributed by atoms with van der Waals surface area (Å²) < 4.78 is 13.0. The summed E-state index contributed by atoms with van der Waals surface area (Å²) in [6.07, 6.45) is 2.15. The number of carbonyl (C=O) groups excluding carboxylic acids is 1. The zero-order valence-electron chi connectivity index (χ0n) is 12.0. The smallest absolute Gasteiger partial charge is 0.255 e. The van der Waals surface area contributed by atoms with E-state index in [9.17, 15) is 9.18 Å². The summed E-state index contributed by atoms with van der Waals surface area (Å²) in [5.74, 6) is -0.209. The molecule has 1 aliphatic heterocycles. The first kappa shape index (κ1) is 13.7. The van der Waals surface area contributed by atoms with E-state index < -0.39 is 0 Å². The van der Waals surface area contributed by atoms with Gasteiger partial charge >= 0.3 is 0 Å². The molecule has 0 bridgehead atoms. The van der Waals surface area contributed by atoms with Gasteiger partial charge in [-0.25, -0.2) is 4.39 Å². The van der Waals surface area contributed by atoms with Crippen LogP contribution in [-0.4, -0.2) is 28.9 Å². The standard InChI is InChI=1S/C17H17FN2O/c1-12-15(17(21)20-10-2-3-11-20)8-9-16(19-12)13-4-6-14(18)7-5-13/h4-9H,2-3,10-11H2,1H3. The van der Waals surface area contributed by atoms with Gasteiger partial charge in [0, 0.05) is 18.7 Å². The van der Waals surface area contributed by atoms with Gasteiger partial charge in [0.1, 0.15) is 5.82 Å². The second kappa shape index (κ2) is 5.64. The van der Waals surface area contributed by atoms with Crippen molar-refractivity contribution in [3.8, 4) is 11.3 Å². The lowest BCUT2D eigenvalue weighted by molar-refractivity contribution is 0.0791. The zero-order valence-corrected chi connectivity index (χ0v) is 12.0. The van der Waals surface area contributed by atoms with Crippen LogP contribution >= 0.6 is 0 Å². The maximum absolute atomic E-state index is 13.0. The number of hydrogen-bond donors (Lipinski definition) is 0. The monoisotopic (exact) mass is 284 g/mol. The van der Waals surface area contributed by atoms with Crippen LogP contribution in [0.5, 0.6) is 0 Å². The number of aromatic nitrogens is 1. The van der Waals surface area contributed by atoms with Crippen molar-refractivity contribution in [3.63, 3.8) is 0 Å². The number of nitrogens with zero attached hydrogens (tertiary/aromatic N) is 2. The molecule has 1 amide bonds. The lowest BCUT2D eigenvalue weighted by Gasteiger charge is -2.16. The minimum Gasteiger partial charge on any atom is -0.339 e. The summed E-state index contributed by atoms with van der Waals surface area (Å²) in [4.78, 5) is 18.8. The Kier molecular flexibility index (Phi) is 3.69. The van der Waals surface area contributed by atoms with Crippen molar-refractivity contribution in [2.75, 3.05) is 13.1 Å². The normalized spacial score (nSPS) is 14.5. The van der Waals surface area contributed by atoms with Crippen molar-refractivity contribution in [2.24, 2.45) is 0 Å². The summed E-state index contributed by atoms with van der Waals surface area (Å²) in [5.41, 5.74) is 2.97. The van der Waals surface area contributed by atoms with Crippen molar-refractivity contribution in [2.45, 2.75) is 19.8 Å². The molecule has 1 aliphatic rings. The maximum Gasteiger partial charge on any atom is 0.255 e. The Morgan fingerprint density at radius 3 is 2.38 bits per heavy atom. The first-order valence-corrected chi connectivity index (χ1v) is 7.18. The molecule has 0 N–H and O–H groups in total. The van der Waals surface area contributed by atoms with Gasteiger partial charge in [-0.1, -0.05) is 0 Å². The van der Waals surface area contributed by atoms with Gasteiger partial charge in [-0.05, 0) is 56.2 Å². The highest BCUT2D eigenvalue weighted by atomic mass is 19.1. The number of carbonyl (C=O) groups is 1. The molecule has 0 radical (unpaired) electrons. The lowest BCUT2D eigenvalue weighted by atomic mass is 10.1. The molecule has 1 fully saturated rings. The predicted molar refractivity (Wildman–Crippen MR) is 79.5 cm³/mol. The predicted octanol–water partition coefficient (Wildman–Crippen LogP) is 3.43. The van der Waals surface area contributed by atoms with Crippen LogP contribution in [0.4, 0.5) is 4.39 Å². The number of pyridine rings is 1. The average Bonchev–Trinajstić information content (AvgIpc) is 3.01. The fourth-order valence-corrected chi connectivity index (χ4v) is 2.66. The summed E-state index contributed by atoms with van der Waals surface area (Å²) in [5, 5.41) is 0. The van der Waals surface area contributed by atoms with Gasteiger partial charge in [-0.3, -0.25) is 9.78 Å². The van der Waals surface area contributed by atoms with Crippen LogP contribution in [0.15, 0.2) is 36.4 Å². The van der Waals surface area contributed by atoms with Crippen molar-refractivity contribution in [1.29, 1.82) is 0 Å². The SMILES string of the molecule is Cc1nc(-c2ccc(F)cc2)ccc1C(=O)N1CCCC1. The number of aryl methyl sites for hydroxylation is 1. The average molecular weight is 284 g/mol. The summed E-state index contributed by atoms with van der Waals surface area (Å²) in [6.45, 7) is 3.51. The molecule has 0 saturated carbocycles. The maximum atomic E-state index is 13.0. The van der Waals surface area contributed by atoms with E-state index in [1.807, 2.05) is 24.0 Å². The minimum absolute atomic E-state index is 0.0585. The molecule has 0 atom stereocenters. The van der Waals surface area contributed by atoms with Crippen molar-refractivity contribution < 1.29 is 9.18 Å². The molecule has 3 nitrogen and oxygen atoms in total. The molecule has 4 heteroatoms. The third kappa shape index (κ3) is 2.79. The van der Waals surface area contributed by atoms with E-state index >= 15 is 0 Å². The fraction of sp³-hybridized carbons (Fsp3) is 0.294. The molecule has 1 saturated heterocycles.